The number of aliphatic carboxylic acids is 1. The lowest BCUT2D eigenvalue weighted by Crippen LogP contribution is -2.46. The van der Waals surface area contributed by atoms with Crippen molar-refractivity contribution in [2.75, 3.05) is 5.32 Å². The molecule has 9 nitrogen and oxygen atoms in total. The first-order valence-corrected chi connectivity index (χ1v) is 12.5. The summed E-state index contributed by atoms with van der Waals surface area (Å²) in [6, 6.07) is 2.08. The van der Waals surface area contributed by atoms with Crippen LogP contribution in [-0.2, 0) is 16.1 Å². The average molecular weight is 489 g/mol. The minimum atomic E-state index is -1.07. The lowest BCUT2D eigenvalue weighted by molar-refractivity contribution is -0.137. The highest BCUT2D eigenvalue weighted by molar-refractivity contribution is 5.83. The Labute approximate surface area is 202 Å². The molecule has 4 rings (SSSR count). The van der Waals surface area contributed by atoms with E-state index in [2.05, 4.69) is 10.6 Å². The molecule has 0 saturated heterocycles. The van der Waals surface area contributed by atoms with Crippen LogP contribution in [0.4, 0.5) is 10.1 Å². The fraction of sp³-hybridized carbons (Fsp3) is 0.600. The smallest absolute Gasteiger partial charge is 0.332 e. The SMILES string of the molecule is CC(CC(=O)O)NC(=O)Cn1c(=O)c2cc(F)c(NC3CCCCC3)cc2n(C2CCCC2)c1=O. The first kappa shape index (κ1) is 24.9. The molecule has 2 aliphatic rings. The molecule has 1 atom stereocenters. The van der Waals surface area contributed by atoms with E-state index in [1.54, 1.807) is 10.6 Å². The zero-order valence-electron chi connectivity index (χ0n) is 20.0. The number of hydrogen-bond donors (Lipinski definition) is 3. The van der Waals surface area contributed by atoms with Gasteiger partial charge in [-0.3, -0.25) is 23.5 Å². The van der Waals surface area contributed by atoms with Crippen molar-refractivity contribution in [3.05, 3.63) is 38.8 Å². The molecule has 2 aliphatic carbocycles. The van der Waals surface area contributed by atoms with Crippen LogP contribution in [0.2, 0.25) is 0 Å². The molecule has 0 radical (unpaired) electrons. The standard InChI is InChI=1S/C25H33FN4O5/c1-15(11-23(32)33)27-22(31)14-29-24(34)18-12-19(26)20(28-16-7-3-2-4-8-16)13-21(18)30(25(29)35)17-9-5-6-10-17/h12-13,15-17,28H,2-11,14H2,1H3,(H,27,31)(H,32,33). The molecule has 10 heteroatoms. The lowest BCUT2D eigenvalue weighted by Gasteiger charge is -2.25. The predicted octanol–water partition coefficient (Wildman–Crippen LogP) is 3.14. The number of aromatic nitrogens is 2. The number of amides is 1. The largest absolute Gasteiger partial charge is 0.481 e. The van der Waals surface area contributed by atoms with Crippen LogP contribution in [0.3, 0.4) is 0 Å². The van der Waals surface area contributed by atoms with Gasteiger partial charge in [-0.05, 0) is 44.7 Å². The number of nitrogens with one attached hydrogen (secondary N) is 2. The maximum atomic E-state index is 15.1. The van der Waals surface area contributed by atoms with Crippen molar-refractivity contribution < 1.29 is 19.1 Å². The van der Waals surface area contributed by atoms with Gasteiger partial charge in [0.25, 0.3) is 5.56 Å². The summed E-state index contributed by atoms with van der Waals surface area (Å²) >= 11 is 0. The van der Waals surface area contributed by atoms with Crippen LogP contribution < -0.4 is 21.9 Å². The van der Waals surface area contributed by atoms with Crippen molar-refractivity contribution in [3.63, 3.8) is 0 Å². The minimum absolute atomic E-state index is 0.0505. The molecule has 1 heterocycles. The molecule has 1 aromatic carbocycles. The van der Waals surface area contributed by atoms with Crippen molar-refractivity contribution in [2.45, 2.75) is 95.8 Å². The Morgan fingerprint density at radius 1 is 1.09 bits per heavy atom. The topological polar surface area (TPSA) is 122 Å². The van der Waals surface area contributed by atoms with E-state index in [0.717, 1.165) is 62.0 Å². The van der Waals surface area contributed by atoms with Crippen LogP contribution in [0.1, 0.15) is 77.2 Å². The number of carboxylic acid groups (broad SMARTS) is 1. The van der Waals surface area contributed by atoms with Gasteiger partial charge in [0, 0.05) is 18.1 Å². The fourth-order valence-corrected chi connectivity index (χ4v) is 5.41. The third-order valence-corrected chi connectivity index (χ3v) is 7.10. The number of rotatable bonds is 8. The van der Waals surface area contributed by atoms with Gasteiger partial charge in [-0.25, -0.2) is 9.18 Å². The van der Waals surface area contributed by atoms with E-state index in [1.165, 1.54) is 13.3 Å². The predicted molar refractivity (Wildman–Crippen MR) is 130 cm³/mol. The summed E-state index contributed by atoms with van der Waals surface area (Å²) in [5, 5.41) is 14.7. The van der Waals surface area contributed by atoms with Crippen molar-refractivity contribution in [1.82, 2.24) is 14.5 Å². The van der Waals surface area contributed by atoms with Crippen LogP contribution in [0, 0.1) is 5.82 Å². The van der Waals surface area contributed by atoms with Gasteiger partial charge in [0.1, 0.15) is 12.4 Å². The molecule has 190 valence electrons. The van der Waals surface area contributed by atoms with Crippen LogP contribution in [0.25, 0.3) is 10.9 Å². The molecule has 2 fully saturated rings. The van der Waals surface area contributed by atoms with E-state index in [9.17, 15) is 19.2 Å². The first-order chi connectivity index (χ1) is 16.7. The van der Waals surface area contributed by atoms with Gasteiger partial charge >= 0.3 is 11.7 Å². The monoisotopic (exact) mass is 488 g/mol. The first-order valence-electron chi connectivity index (χ1n) is 12.5. The van der Waals surface area contributed by atoms with Gasteiger partial charge in [-0.1, -0.05) is 32.1 Å². The number of benzene rings is 1. The van der Waals surface area contributed by atoms with Crippen molar-refractivity contribution >= 4 is 28.5 Å². The Morgan fingerprint density at radius 3 is 2.40 bits per heavy atom. The number of nitrogens with zero attached hydrogens (tertiary/aromatic N) is 2. The summed E-state index contributed by atoms with van der Waals surface area (Å²) < 4.78 is 17.5. The molecule has 1 amide bonds. The molecule has 3 N–H and O–H groups in total. The maximum Gasteiger partial charge on any atom is 0.332 e. The van der Waals surface area contributed by atoms with Crippen LogP contribution >= 0.6 is 0 Å². The highest BCUT2D eigenvalue weighted by atomic mass is 19.1. The fourth-order valence-electron chi connectivity index (χ4n) is 5.41. The van der Waals surface area contributed by atoms with E-state index in [4.69, 9.17) is 5.11 Å². The summed E-state index contributed by atoms with van der Waals surface area (Å²) in [5.74, 6) is -2.29. The van der Waals surface area contributed by atoms with Crippen molar-refractivity contribution in [2.24, 2.45) is 0 Å². The number of carboxylic acids is 1. The second kappa shape index (κ2) is 10.6. The molecule has 1 unspecified atom stereocenters. The number of fused-ring (bicyclic) bond motifs is 1. The Hall–Kier alpha value is -3.17. The highest BCUT2D eigenvalue weighted by Gasteiger charge is 2.26. The lowest BCUT2D eigenvalue weighted by atomic mass is 9.95. The normalized spacial score (nSPS) is 18.0. The molecule has 0 aliphatic heterocycles. The van der Waals surface area contributed by atoms with Gasteiger partial charge < -0.3 is 15.7 Å². The summed E-state index contributed by atoms with van der Waals surface area (Å²) in [6.07, 6.45) is 8.35. The molecule has 2 aromatic rings. The van der Waals surface area contributed by atoms with Crippen LogP contribution in [0.5, 0.6) is 0 Å². The number of carbonyl (C=O) groups excluding carboxylic acids is 1. The van der Waals surface area contributed by atoms with E-state index in [1.807, 2.05) is 0 Å². The summed E-state index contributed by atoms with van der Waals surface area (Å²) in [7, 11) is 0. The van der Waals surface area contributed by atoms with E-state index < -0.39 is 41.5 Å². The van der Waals surface area contributed by atoms with Gasteiger partial charge in [-0.2, -0.15) is 0 Å². The quantitative estimate of drug-likeness (QED) is 0.525. The van der Waals surface area contributed by atoms with Gasteiger partial charge in [0.15, 0.2) is 0 Å². The number of carbonyl (C=O) groups is 2. The number of hydrogen-bond acceptors (Lipinski definition) is 5. The second-order valence-electron chi connectivity index (χ2n) is 9.88. The Balaban J connectivity index is 1.75. The molecular formula is C25H33FN4O5. The highest BCUT2D eigenvalue weighted by Crippen LogP contribution is 2.32. The Morgan fingerprint density at radius 2 is 1.74 bits per heavy atom. The molecule has 2 saturated carbocycles. The summed E-state index contributed by atoms with van der Waals surface area (Å²) in [6.45, 7) is 0.968. The zero-order valence-corrected chi connectivity index (χ0v) is 20.0. The summed E-state index contributed by atoms with van der Waals surface area (Å²) in [5.41, 5.74) is -0.676. The minimum Gasteiger partial charge on any atom is -0.481 e. The maximum absolute atomic E-state index is 15.1. The van der Waals surface area contributed by atoms with Crippen LogP contribution in [0.15, 0.2) is 21.7 Å². The zero-order chi connectivity index (χ0) is 25.1. The number of anilines is 1. The Kier molecular flexibility index (Phi) is 7.57. The molecule has 1 aromatic heterocycles. The van der Waals surface area contributed by atoms with E-state index >= 15 is 4.39 Å². The van der Waals surface area contributed by atoms with Crippen LogP contribution in [-0.4, -0.2) is 38.2 Å². The van der Waals surface area contributed by atoms with E-state index in [0.29, 0.717) is 5.52 Å². The summed E-state index contributed by atoms with van der Waals surface area (Å²) in [4.78, 5) is 50.2. The van der Waals surface area contributed by atoms with E-state index in [-0.39, 0.29) is 29.6 Å². The molecular weight excluding hydrogens is 455 g/mol. The van der Waals surface area contributed by atoms with Crippen molar-refractivity contribution in [3.8, 4) is 0 Å². The van der Waals surface area contributed by atoms with Crippen molar-refractivity contribution in [1.29, 1.82) is 0 Å². The third-order valence-electron chi connectivity index (χ3n) is 7.10. The molecule has 0 spiro atoms. The molecule has 35 heavy (non-hydrogen) atoms. The molecule has 0 bridgehead atoms. The average Bonchev–Trinajstić information content (AvgIpc) is 3.32. The van der Waals surface area contributed by atoms with Gasteiger partial charge in [0.05, 0.1) is 23.0 Å². The third kappa shape index (κ3) is 5.57. The number of halogens is 1. The van der Waals surface area contributed by atoms with Gasteiger partial charge in [0.2, 0.25) is 5.91 Å². The van der Waals surface area contributed by atoms with Gasteiger partial charge in [-0.15, -0.1) is 0 Å². The Bertz CT molecular complexity index is 1230. The second-order valence-corrected chi connectivity index (χ2v) is 9.88.